The lowest BCUT2D eigenvalue weighted by atomic mass is 10.1. The van der Waals surface area contributed by atoms with Gasteiger partial charge in [-0.2, -0.15) is 0 Å². The summed E-state index contributed by atoms with van der Waals surface area (Å²) in [6.45, 7) is 4.13. The zero-order valence-electron chi connectivity index (χ0n) is 14.6. The fourth-order valence-electron chi connectivity index (χ4n) is 2.48. The molecule has 26 heavy (non-hydrogen) atoms. The summed E-state index contributed by atoms with van der Waals surface area (Å²) in [7, 11) is 0. The number of rotatable bonds is 6. The van der Waals surface area contributed by atoms with Crippen LogP contribution in [0, 0.1) is 19.7 Å². The lowest BCUT2D eigenvalue weighted by Crippen LogP contribution is -2.24. The highest BCUT2D eigenvalue weighted by molar-refractivity contribution is 5.93. The van der Waals surface area contributed by atoms with Crippen molar-refractivity contribution in [3.05, 3.63) is 82.5 Å². The summed E-state index contributed by atoms with van der Waals surface area (Å²) >= 11 is 0. The molecule has 5 nitrogen and oxygen atoms in total. The number of carbonyl (C=O) groups is 1. The highest BCUT2D eigenvalue weighted by atomic mass is 19.1. The summed E-state index contributed by atoms with van der Waals surface area (Å²) in [5.41, 5.74) is 2.59. The first kappa shape index (κ1) is 17.7. The van der Waals surface area contributed by atoms with Crippen LogP contribution in [0.1, 0.15) is 32.9 Å². The molecule has 134 valence electrons. The van der Waals surface area contributed by atoms with Crippen molar-refractivity contribution in [2.75, 3.05) is 0 Å². The highest BCUT2D eigenvalue weighted by Crippen LogP contribution is 2.21. The first-order valence-corrected chi connectivity index (χ1v) is 8.21. The molecule has 0 bridgehead atoms. The normalized spacial score (nSPS) is 10.6. The van der Waals surface area contributed by atoms with Crippen molar-refractivity contribution in [1.82, 2.24) is 10.5 Å². The molecule has 0 radical (unpaired) electrons. The minimum absolute atomic E-state index is 0.180. The summed E-state index contributed by atoms with van der Waals surface area (Å²) in [6.07, 6.45) is 0. The molecule has 1 N–H and O–H groups in total. The van der Waals surface area contributed by atoms with Gasteiger partial charge in [0.1, 0.15) is 23.9 Å². The quantitative estimate of drug-likeness (QED) is 0.728. The van der Waals surface area contributed by atoms with Crippen LogP contribution in [0.3, 0.4) is 0 Å². The number of aromatic nitrogens is 1. The summed E-state index contributed by atoms with van der Waals surface area (Å²) in [6, 6.07) is 13.6. The Bertz CT molecular complexity index is 904. The fourth-order valence-corrected chi connectivity index (χ4v) is 2.48. The van der Waals surface area contributed by atoms with E-state index in [-0.39, 0.29) is 30.6 Å². The second-order valence-electron chi connectivity index (χ2n) is 5.93. The molecule has 1 heterocycles. The number of amides is 1. The Morgan fingerprint density at radius 1 is 1.15 bits per heavy atom. The van der Waals surface area contributed by atoms with Crippen LogP contribution in [0.2, 0.25) is 0 Å². The molecule has 0 spiro atoms. The number of carbonyl (C=O) groups excluding carboxylic acids is 1. The van der Waals surface area contributed by atoms with Crippen LogP contribution in [-0.4, -0.2) is 11.1 Å². The summed E-state index contributed by atoms with van der Waals surface area (Å²) in [5.74, 6) is 0.591. The highest BCUT2D eigenvalue weighted by Gasteiger charge is 2.20. The van der Waals surface area contributed by atoms with Crippen molar-refractivity contribution in [1.29, 1.82) is 0 Å². The average Bonchev–Trinajstić information content (AvgIpc) is 3.01. The standard InChI is InChI=1S/C20H19FN2O3/c1-13-5-3-4-6-18(13)25-12-17-14(2)26-23-19(17)20(24)22-11-15-7-9-16(21)10-8-15/h3-10H,11-12H2,1-2H3,(H,22,24). The zero-order valence-corrected chi connectivity index (χ0v) is 14.6. The fraction of sp³-hybridized carbons (Fsp3) is 0.200. The third-order valence-electron chi connectivity index (χ3n) is 4.03. The van der Waals surface area contributed by atoms with Gasteiger partial charge in [0.15, 0.2) is 5.69 Å². The van der Waals surface area contributed by atoms with Crippen LogP contribution in [0.4, 0.5) is 4.39 Å². The van der Waals surface area contributed by atoms with E-state index in [9.17, 15) is 9.18 Å². The summed E-state index contributed by atoms with van der Waals surface area (Å²) < 4.78 is 23.9. The molecule has 1 aromatic heterocycles. The molecule has 0 atom stereocenters. The molecule has 1 amide bonds. The van der Waals surface area contributed by atoms with Gasteiger partial charge in [0, 0.05) is 6.54 Å². The minimum atomic E-state index is -0.366. The van der Waals surface area contributed by atoms with Crippen LogP contribution in [0.25, 0.3) is 0 Å². The number of halogens is 1. The van der Waals surface area contributed by atoms with Gasteiger partial charge in [-0.05, 0) is 43.2 Å². The zero-order chi connectivity index (χ0) is 18.5. The molecule has 0 saturated carbocycles. The number of benzene rings is 2. The van der Waals surface area contributed by atoms with Gasteiger partial charge in [-0.15, -0.1) is 0 Å². The van der Waals surface area contributed by atoms with E-state index >= 15 is 0 Å². The Kier molecular flexibility index (Phi) is 5.31. The smallest absolute Gasteiger partial charge is 0.274 e. The van der Waals surface area contributed by atoms with Gasteiger partial charge in [-0.25, -0.2) is 4.39 Å². The van der Waals surface area contributed by atoms with Crippen molar-refractivity contribution >= 4 is 5.91 Å². The van der Waals surface area contributed by atoms with E-state index in [2.05, 4.69) is 10.5 Å². The topological polar surface area (TPSA) is 64.4 Å². The lowest BCUT2D eigenvalue weighted by molar-refractivity contribution is 0.0939. The average molecular weight is 354 g/mol. The van der Waals surface area contributed by atoms with E-state index in [0.29, 0.717) is 11.3 Å². The number of nitrogens with zero attached hydrogens (tertiary/aromatic N) is 1. The van der Waals surface area contributed by atoms with Crippen molar-refractivity contribution in [3.8, 4) is 5.75 Å². The van der Waals surface area contributed by atoms with E-state index in [1.54, 1.807) is 19.1 Å². The maximum Gasteiger partial charge on any atom is 0.274 e. The molecule has 2 aromatic carbocycles. The van der Waals surface area contributed by atoms with E-state index in [4.69, 9.17) is 9.26 Å². The SMILES string of the molecule is Cc1ccccc1OCc1c(C(=O)NCc2ccc(F)cc2)noc1C. The maximum atomic E-state index is 12.9. The monoisotopic (exact) mass is 354 g/mol. The van der Waals surface area contributed by atoms with Crippen LogP contribution in [-0.2, 0) is 13.2 Å². The van der Waals surface area contributed by atoms with Crippen LogP contribution in [0.15, 0.2) is 53.1 Å². The molecule has 0 unspecified atom stereocenters. The van der Waals surface area contributed by atoms with Crippen molar-refractivity contribution in [3.63, 3.8) is 0 Å². The molecule has 3 rings (SSSR count). The summed E-state index contributed by atoms with van der Waals surface area (Å²) in [5, 5.41) is 6.61. The van der Waals surface area contributed by atoms with Crippen LogP contribution in [0.5, 0.6) is 5.75 Å². The van der Waals surface area contributed by atoms with Crippen LogP contribution >= 0.6 is 0 Å². The number of aryl methyl sites for hydroxylation is 2. The molecular formula is C20H19FN2O3. The van der Waals surface area contributed by atoms with Crippen molar-refractivity contribution in [2.24, 2.45) is 0 Å². The Labute approximate surface area is 150 Å². The second kappa shape index (κ2) is 7.82. The molecule has 0 fully saturated rings. The van der Waals surface area contributed by atoms with E-state index in [0.717, 1.165) is 16.9 Å². The number of nitrogens with one attached hydrogen (secondary N) is 1. The Balaban J connectivity index is 1.67. The first-order valence-electron chi connectivity index (χ1n) is 8.21. The largest absolute Gasteiger partial charge is 0.488 e. The molecule has 0 aliphatic rings. The van der Waals surface area contributed by atoms with Gasteiger partial charge >= 0.3 is 0 Å². The van der Waals surface area contributed by atoms with E-state index < -0.39 is 0 Å². The molecule has 6 heteroatoms. The molecular weight excluding hydrogens is 335 g/mol. The summed E-state index contributed by atoms with van der Waals surface area (Å²) in [4.78, 5) is 12.4. The van der Waals surface area contributed by atoms with Gasteiger partial charge in [-0.1, -0.05) is 35.5 Å². The number of para-hydroxylation sites is 1. The Hall–Kier alpha value is -3.15. The Morgan fingerprint density at radius 2 is 1.88 bits per heavy atom. The van der Waals surface area contributed by atoms with Gasteiger partial charge in [-0.3, -0.25) is 4.79 Å². The number of ether oxygens (including phenoxy) is 1. The third-order valence-corrected chi connectivity index (χ3v) is 4.03. The number of hydrogen-bond donors (Lipinski definition) is 1. The minimum Gasteiger partial charge on any atom is -0.488 e. The third kappa shape index (κ3) is 4.08. The molecule has 0 aliphatic heterocycles. The van der Waals surface area contributed by atoms with Gasteiger partial charge in [0.2, 0.25) is 0 Å². The number of hydrogen-bond acceptors (Lipinski definition) is 4. The Morgan fingerprint density at radius 3 is 2.62 bits per heavy atom. The van der Waals surface area contributed by atoms with E-state index in [1.807, 2.05) is 31.2 Å². The first-order chi connectivity index (χ1) is 12.5. The van der Waals surface area contributed by atoms with Crippen molar-refractivity contribution in [2.45, 2.75) is 27.0 Å². The molecule has 0 aliphatic carbocycles. The predicted molar refractivity (Wildman–Crippen MR) is 94.3 cm³/mol. The van der Waals surface area contributed by atoms with E-state index in [1.165, 1.54) is 12.1 Å². The second-order valence-corrected chi connectivity index (χ2v) is 5.93. The lowest BCUT2D eigenvalue weighted by Gasteiger charge is -2.09. The van der Waals surface area contributed by atoms with Gasteiger partial charge in [0.25, 0.3) is 5.91 Å². The van der Waals surface area contributed by atoms with Crippen molar-refractivity contribution < 1.29 is 18.4 Å². The maximum absolute atomic E-state index is 12.9. The van der Waals surface area contributed by atoms with Crippen LogP contribution < -0.4 is 10.1 Å². The molecule has 0 saturated heterocycles. The molecule has 3 aromatic rings. The van der Waals surface area contributed by atoms with Gasteiger partial charge < -0.3 is 14.6 Å². The predicted octanol–water partition coefficient (Wildman–Crippen LogP) is 3.94. The van der Waals surface area contributed by atoms with Gasteiger partial charge in [0.05, 0.1) is 5.56 Å².